The second-order valence-electron chi connectivity index (χ2n) is 5.73. The van der Waals surface area contributed by atoms with E-state index < -0.39 is 0 Å². The smallest absolute Gasteiger partial charge is 0.231 e. The zero-order chi connectivity index (χ0) is 16.9. The van der Waals surface area contributed by atoms with Crippen LogP contribution in [0.2, 0.25) is 0 Å². The van der Waals surface area contributed by atoms with E-state index >= 15 is 0 Å². The molecule has 1 aliphatic heterocycles. The molecule has 3 rings (SSSR count). The van der Waals surface area contributed by atoms with Gasteiger partial charge < -0.3 is 14.1 Å². The van der Waals surface area contributed by atoms with Crippen LogP contribution in [0.25, 0.3) is 0 Å². The van der Waals surface area contributed by atoms with E-state index in [1.165, 1.54) is 0 Å². The lowest BCUT2D eigenvalue weighted by Gasteiger charge is -2.32. The third kappa shape index (κ3) is 3.90. The molecule has 0 atom stereocenters. The van der Waals surface area contributed by atoms with Gasteiger partial charge in [0.1, 0.15) is 18.3 Å². The Labute approximate surface area is 139 Å². The average molecular weight is 326 g/mol. The van der Waals surface area contributed by atoms with Gasteiger partial charge in [-0.15, -0.1) is 10.2 Å². The zero-order valence-corrected chi connectivity index (χ0v) is 13.4. The van der Waals surface area contributed by atoms with Crippen LogP contribution in [0, 0.1) is 18.3 Å². The Kier molecular flexibility index (Phi) is 4.75. The number of carbonyl (C=O) groups is 1. The molecule has 0 spiro atoms. The van der Waals surface area contributed by atoms with Crippen molar-refractivity contribution in [2.24, 2.45) is 0 Å². The molecule has 0 radical (unpaired) electrons. The molecule has 0 bridgehead atoms. The molecule has 1 aromatic carbocycles. The summed E-state index contributed by atoms with van der Waals surface area (Å²) < 4.78 is 11.2. The van der Waals surface area contributed by atoms with E-state index in [2.05, 4.69) is 16.3 Å². The molecule has 1 fully saturated rings. The van der Waals surface area contributed by atoms with Crippen LogP contribution >= 0.6 is 0 Å². The van der Waals surface area contributed by atoms with Gasteiger partial charge >= 0.3 is 0 Å². The molecule has 0 saturated carbocycles. The van der Waals surface area contributed by atoms with Gasteiger partial charge in [-0.1, -0.05) is 6.07 Å². The maximum Gasteiger partial charge on any atom is 0.231 e. The van der Waals surface area contributed by atoms with Gasteiger partial charge in [-0.25, -0.2) is 0 Å². The third-order valence-electron chi connectivity index (χ3n) is 3.93. The summed E-state index contributed by atoms with van der Waals surface area (Å²) in [4.78, 5) is 14.0. The van der Waals surface area contributed by atoms with Crippen LogP contribution in [0.15, 0.2) is 28.7 Å². The summed E-state index contributed by atoms with van der Waals surface area (Å²) in [6, 6.07) is 9.22. The summed E-state index contributed by atoms with van der Waals surface area (Å²) in [5.41, 5.74) is 0.579. The maximum absolute atomic E-state index is 12.2. The Hall–Kier alpha value is -2.88. The van der Waals surface area contributed by atoms with Gasteiger partial charge in [0.25, 0.3) is 0 Å². The van der Waals surface area contributed by atoms with E-state index in [1.807, 2.05) is 6.07 Å². The second kappa shape index (κ2) is 7.13. The normalized spacial score (nSPS) is 15.1. The van der Waals surface area contributed by atoms with Crippen LogP contribution in [0.5, 0.6) is 5.75 Å². The Morgan fingerprint density at radius 3 is 2.88 bits per heavy atom. The number of ether oxygens (including phenoxy) is 1. The molecule has 0 unspecified atom stereocenters. The Balaban J connectivity index is 1.50. The van der Waals surface area contributed by atoms with Crippen LogP contribution in [0.3, 0.4) is 0 Å². The van der Waals surface area contributed by atoms with Crippen molar-refractivity contribution in [3.8, 4) is 11.8 Å². The van der Waals surface area contributed by atoms with E-state index in [4.69, 9.17) is 14.4 Å². The van der Waals surface area contributed by atoms with Crippen molar-refractivity contribution in [2.45, 2.75) is 32.3 Å². The first kappa shape index (κ1) is 16.0. The predicted molar refractivity (Wildman–Crippen MR) is 84.1 cm³/mol. The molecular weight excluding hydrogens is 308 g/mol. The minimum absolute atomic E-state index is 0.0106. The van der Waals surface area contributed by atoms with Crippen LogP contribution in [0.4, 0.5) is 0 Å². The predicted octanol–water partition coefficient (Wildman–Crippen LogP) is 1.86. The molecule has 1 aliphatic rings. The van der Waals surface area contributed by atoms with Crippen molar-refractivity contribution in [1.82, 2.24) is 15.1 Å². The van der Waals surface area contributed by atoms with Gasteiger partial charge in [0, 0.05) is 32.9 Å². The molecule has 7 heteroatoms. The number of piperidine rings is 1. The molecule has 124 valence electrons. The lowest BCUT2D eigenvalue weighted by molar-refractivity contribution is -0.132. The lowest BCUT2D eigenvalue weighted by Crippen LogP contribution is -2.42. The number of benzene rings is 1. The Bertz CT molecular complexity index is 757. The largest absolute Gasteiger partial charge is 0.490 e. The van der Waals surface area contributed by atoms with Crippen LogP contribution in [-0.4, -0.2) is 40.2 Å². The minimum Gasteiger partial charge on any atom is -0.490 e. The van der Waals surface area contributed by atoms with Gasteiger partial charge in [0.2, 0.25) is 17.7 Å². The standard InChI is InChI=1S/C17H18N4O3/c1-12-19-20-16(23-12)10-17(22)21-7-5-14(6-8-21)24-15-4-2-3-13(9-15)11-18/h2-4,9,14H,5-8,10H2,1H3. The molecule has 0 N–H and O–H groups in total. The average Bonchev–Trinajstić information content (AvgIpc) is 3.00. The minimum atomic E-state index is -0.0106. The highest BCUT2D eigenvalue weighted by Crippen LogP contribution is 2.20. The fraction of sp³-hybridized carbons (Fsp3) is 0.412. The highest BCUT2D eigenvalue weighted by Gasteiger charge is 2.25. The summed E-state index contributed by atoms with van der Waals surface area (Å²) in [6.45, 7) is 2.97. The van der Waals surface area contributed by atoms with E-state index in [1.54, 1.807) is 30.0 Å². The van der Waals surface area contributed by atoms with Gasteiger partial charge in [-0.05, 0) is 18.2 Å². The molecule has 1 aromatic heterocycles. The van der Waals surface area contributed by atoms with E-state index in [0.29, 0.717) is 36.2 Å². The van der Waals surface area contributed by atoms with Gasteiger partial charge in [0.15, 0.2) is 0 Å². The van der Waals surface area contributed by atoms with E-state index in [0.717, 1.165) is 12.8 Å². The van der Waals surface area contributed by atoms with Crippen molar-refractivity contribution in [3.63, 3.8) is 0 Å². The first-order chi connectivity index (χ1) is 11.6. The van der Waals surface area contributed by atoms with Gasteiger partial charge in [-0.2, -0.15) is 5.26 Å². The number of hydrogen-bond acceptors (Lipinski definition) is 6. The second-order valence-corrected chi connectivity index (χ2v) is 5.73. The molecule has 1 saturated heterocycles. The Morgan fingerprint density at radius 1 is 1.42 bits per heavy atom. The first-order valence-corrected chi connectivity index (χ1v) is 7.87. The highest BCUT2D eigenvalue weighted by molar-refractivity contribution is 5.77. The monoisotopic (exact) mass is 326 g/mol. The van der Waals surface area contributed by atoms with Gasteiger partial charge in [-0.3, -0.25) is 4.79 Å². The summed E-state index contributed by atoms with van der Waals surface area (Å²) in [5.74, 6) is 1.50. The van der Waals surface area contributed by atoms with Crippen molar-refractivity contribution in [2.75, 3.05) is 13.1 Å². The summed E-state index contributed by atoms with van der Waals surface area (Å²) in [6.07, 6.45) is 1.70. The number of nitriles is 1. The molecule has 24 heavy (non-hydrogen) atoms. The molecule has 0 aliphatic carbocycles. The molecule has 7 nitrogen and oxygen atoms in total. The quantitative estimate of drug-likeness (QED) is 0.851. The number of likely N-dealkylation sites (tertiary alicyclic amines) is 1. The molecule has 2 aromatic rings. The molecular formula is C17H18N4O3. The molecule has 2 heterocycles. The fourth-order valence-electron chi connectivity index (χ4n) is 2.70. The van der Waals surface area contributed by atoms with Crippen molar-refractivity contribution in [3.05, 3.63) is 41.6 Å². The fourth-order valence-corrected chi connectivity index (χ4v) is 2.70. The number of rotatable bonds is 4. The van der Waals surface area contributed by atoms with Crippen LogP contribution in [-0.2, 0) is 11.2 Å². The van der Waals surface area contributed by atoms with Crippen molar-refractivity contribution >= 4 is 5.91 Å². The number of nitrogens with zero attached hydrogens (tertiary/aromatic N) is 4. The maximum atomic E-state index is 12.2. The van der Waals surface area contributed by atoms with E-state index in [9.17, 15) is 4.79 Å². The van der Waals surface area contributed by atoms with Crippen molar-refractivity contribution in [1.29, 1.82) is 5.26 Å². The van der Waals surface area contributed by atoms with Gasteiger partial charge in [0.05, 0.1) is 11.6 Å². The topological polar surface area (TPSA) is 92.3 Å². The number of aryl methyl sites for hydroxylation is 1. The Morgan fingerprint density at radius 2 is 2.21 bits per heavy atom. The van der Waals surface area contributed by atoms with E-state index in [-0.39, 0.29) is 18.4 Å². The summed E-state index contributed by atoms with van der Waals surface area (Å²) >= 11 is 0. The number of amides is 1. The van der Waals surface area contributed by atoms with Crippen LogP contribution in [0.1, 0.15) is 30.2 Å². The third-order valence-corrected chi connectivity index (χ3v) is 3.93. The zero-order valence-electron chi connectivity index (χ0n) is 13.4. The number of aromatic nitrogens is 2. The number of carbonyl (C=O) groups excluding carboxylic acids is 1. The lowest BCUT2D eigenvalue weighted by atomic mass is 10.1. The summed E-state index contributed by atoms with van der Waals surface area (Å²) in [5, 5.41) is 16.5. The highest BCUT2D eigenvalue weighted by atomic mass is 16.5. The summed E-state index contributed by atoms with van der Waals surface area (Å²) in [7, 11) is 0. The molecule has 1 amide bonds. The first-order valence-electron chi connectivity index (χ1n) is 7.87. The SMILES string of the molecule is Cc1nnc(CC(=O)N2CCC(Oc3cccc(C#N)c3)CC2)o1. The number of hydrogen-bond donors (Lipinski definition) is 0. The van der Waals surface area contributed by atoms with Crippen LogP contribution < -0.4 is 4.74 Å². The van der Waals surface area contributed by atoms with Crippen molar-refractivity contribution < 1.29 is 13.9 Å².